The van der Waals surface area contributed by atoms with Crippen molar-refractivity contribution in [3.8, 4) is 5.69 Å². The Morgan fingerprint density at radius 3 is 2.82 bits per heavy atom. The van der Waals surface area contributed by atoms with Crippen molar-refractivity contribution in [2.45, 2.75) is 0 Å². The summed E-state index contributed by atoms with van der Waals surface area (Å²) in [5.74, 6) is -0.195. The number of nitrogens with one attached hydrogen (secondary N) is 1. The number of amides is 1. The molecule has 0 unspecified atom stereocenters. The molecule has 0 fully saturated rings. The molecule has 0 saturated heterocycles. The molecule has 0 saturated carbocycles. The molecule has 1 N–H and O–H groups in total. The monoisotopic (exact) mass is 227 g/mol. The van der Waals surface area contributed by atoms with Crippen molar-refractivity contribution in [1.29, 1.82) is 0 Å². The van der Waals surface area contributed by atoms with Crippen LogP contribution in [0.25, 0.3) is 5.69 Å². The number of nitrogens with zero attached hydrogens (tertiary/aromatic N) is 2. The Labute approximate surface area is 99.6 Å². The minimum atomic E-state index is -0.195. The minimum absolute atomic E-state index is 0.195. The highest BCUT2D eigenvalue weighted by Crippen LogP contribution is 2.06. The summed E-state index contributed by atoms with van der Waals surface area (Å²) in [4.78, 5) is 11.6. The third-order valence-corrected chi connectivity index (χ3v) is 2.25. The van der Waals surface area contributed by atoms with Crippen LogP contribution in [0.4, 0.5) is 0 Å². The number of aromatic nitrogens is 2. The van der Waals surface area contributed by atoms with Gasteiger partial charge in [0.15, 0.2) is 5.69 Å². The molecule has 2 aromatic rings. The van der Waals surface area contributed by atoms with Crippen molar-refractivity contribution >= 4 is 5.91 Å². The van der Waals surface area contributed by atoms with Crippen LogP contribution in [0, 0.1) is 0 Å². The second-order valence-electron chi connectivity index (χ2n) is 3.48. The molecule has 86 valence electrons. The molecule has 1 heterocycles. The molecule has 0 bridgehead atoms. The lowest BCUT2D eigenvalue weighted by Crippen LogP contribution is -2.23. The Balaban J connectivity index is 2.16. The van der Waals surface area contributed by atoms with Crippen LogP contribution in [-0.2, 0) is 0 Å². The average Bonchev–Trinajstić information content (AvgIpc) is 2.86. The molecule has 0 radical (unpaired) electrons. The lowest BCUT2D eigenvalue weighted by molar-refractivity contribution is 0.0952. The third-order valence-electron chi connectivity index (χ3n) is 2.25. The maximum atomic E-state index is 11.6. The van der Waals surface area contributed by atoms with Gasteiger partial charge in [-0.15, -0.1) is 6.58 Å². The molecule has 4 nitrogen and oxygen atoms in total. The highest BCUT2D eigenvalue weighted by molar-refractivity contribution is 5.92. The van der Waals surface area contributed by atoms with Gasteiger partial charge < -0.3 is 5.32 Å². The fraction of sp³-hybridized carbons (Fsp3) is 0.0769. The lowest BCUT2D eigenvalue weighted by atomic mass is 10.3. The smallest absolute Gasteiger partial charge is 0.272 e. The first-order chi connectivity index (χ1) is 8.31. The van der Waals surface area contributed by atoms with Crippen molar-refractivity contribution in [1.82, 2.24) is 15.1 Å². The highest BCUT2D eigenvalue weighted by atomic mass is 16.1. The van der Waals surface area contributed by atoms with Crippen LogP contribution in [0.15, 0.2) is 55.3 Å². The van der Waals surface area contributed by atoms with Crippen LogP contribution >= 0.6 is 0 Å². The molecule has 1 aromatic heterocycles. The van der Waals surface area contributed by atoms with Gasteiger partial charge in [0.05, 0.1) is 5.69 Å². The largest absolute Gasteiger partial charge is 0.347 e. The van der Waals surface area contributed by atoms with Gasteiger partial charge >= 0.3 is 0 Å². The summed E-state index contributed by atoms with van der Waals surface area (Å²) in [6.07, 6.45) is 3.39. The molecule has 2 rings (SSSR count). The number of hydrogen-bond acceptors (Lipinski definition) is 2. The van der Waals surface area contributed by atoms with Crippen molar-refractivity contribution in [2.24, 2.45) is 0 Å². The summed E-state index contributed by atoms with van der Waals surface area (Å²) in [6.45, 7) is 3.98. The number of carbonyl (C=O) groups is 1. The number of benzene rings is 1. The van der Waals surface area contributed by atoms with Gasteiger partial charge in [0, 0.05) is 12.7 Å². The first kappa shape index (κ1) is 11.1. The molecule has 17 heavy (non-hydrogen) atoms. The van der Waals surface area contributed by atoms with Gasteiger partial charge in [-0.05, 0) is 18.2 Å². The molecule has 1 aromatic carbocycles. The number of rotatable bonds is 4. The van der Waals surface area contributed by atoms with Crippen LogP contribution in [-0.4, -0.2) is 22.2 Å². The van der Waals surface area contributed by atoms with Crippen molar-refractivity contribution in [2.75, 3.05) is 6.54 Å². The van der Waals surface area contributed by atoms with E-state index in [-0.39, 0.29) is 5.91 Å². The van der Waals surface area contributed by atoms with Crippen molar-refractivity contribution in [3.05, 3.63) is 60.9 Å². The second-order valence-corrected chi connectivity index (χ2v) is 3.48. The van der Waals surface area contributed by atoms with Crippen LogP contribution < -0.4 is 5.32 Å². The fourth-order valence-electron chi connectivity index (χ4n) is 1.42. The Morgan fingerprint density at radius 1 is 1.35 bits per heavy atom. The molecule has 4 heteroatoms. The third kappa shape index (κ3) is 2.60. The van der Waals surface area contributed by atoms with E-state index in [0.717, 1.165) is 5.69 Å². The molecule has 0 spiro atoms. The lowest BCUT2D eigenvalue weighted by Gasteiger charge is -2.00. The Morgan fingerprint density at radius 2 is 2.12 bits per heavy atom. The Bertz CT molecular complexity index is 516. The summed E-state index contributed by atoms with van der Waals surface area (Å²) in [5, 5.41) is 6.88. The van der Waals surface area contributed by atoms with Gasteiger partial charge in [0.25, 0.3) is 5.91 Å². The first-order valence-electron chi connectivity index (χ1n) is 5.31. The zero-order chi connectivity index (χ0) is 12.1. The Hall–Kier alpha value is -2.36. The molecule has 0 atom stereocenters. The van der Waals surface area contributed by atoms with Gasteiger partial charge in [-0.1, -0.05) is 24.3 Å². The van der Waals surface area contributed by atoms with Crippen LogP contribution in [0.1, 0.15) is 10.5 Å². The predicted octanol–water partition coefficient (Wildman–Crippen LogP) is 1.79. The standard InChI is InChI=1S/C13H13N3O/c1-2-9-14-13(17)12-8-10-16(15-12)11-6-4-3-5-7-11/h2-8,10H,1,9H2,(H,14,17). The van der Waals surface area contributed by atoms with Gasteiger partial charge in [0.2, 0.25) is 0 Å². The zero-order valence-corrected chi connectivity index (χ0v) is 9.34. The average molecular weight is 227 g/mol. The number of hydrogen-bond donors (Lipinski definition) is 1. The molecule has 0 aliphatic heterocycles. The zero-order valence-electron chi connectivity index (χ0n) is 9.34. The van der Waals surface area contributed by atoms with E-state index >= 15 is 0 Å². The fourth-order valence-corrected chi connectivity index (χ4v) is 1.42. The normalized spacial score (nSPS) is 9.88. The van der Waals surface area contributed by atoms with E-state index < -0.39 is 0 Å². The maximum Gasteiger partial charge on any atom is 0.272 e. The minimum Gasteiger partial charge on any atom is -0.347 e. The SMILES string of the molecule is C=CCNC(=O)c1ccn(-c2ccccc2)n1. The van der Waals surface area contributed by atoms with E-state index in [1.54, 1.807) is 23.0 Å². The van der Waals surface area contributed by atoms with Gasteiger partial charge in [0.1, 0.15) is 0 Å². The van der Waals surface area contributed by atoms with E-state index in [4.69, 9.17) is 0 Å². The molecular weight excluding hydrogens is 214 g/mol. The molecular formula is C13H13N3O. The summed E-state index contributed by atoms with van der Waals surface area (Å²) in [6, 6.07) is 11.3. The highest BCUT2D eigenvalue weighted by Gasteiger charge is 2.08. The van der Waals surface area contributed by atoms with E-state index in [1.807, 2.05) is 30.3 Å². The van der Waals surface area contributed by atoms with Gasteiger partial charge in [-0.2, -0.15) is 5.10 Å². The van der Waals surface area contributed by atoms with Crippen LogP contribution in [0.2, 0.25) is 0 Å². The Kier molecular flexibility index (Phi) is 3.35. The predicted molar refractivity (Wildman–Crippen MR) is 66.1 cm³/mol. The van der Waals surface area contributed by atoms with E-state index in [1.165, 1.54) is 0 Å². The molecule has 0 aliphatic carbocycles. The van der Waals surface area contributed by atoms with Gasteiger partial charge in [-0.3, -0.25) is 4.79 Å². The quantitative estimate of drug-likeness (QED) is 0.809. The summed E-state index contributed by atoms with van der Waals surface area (Å²) >= 11 is 0. The van der Waals surface area contributed by atoms with Crippen molar-refractivity contribution < 1.29 is 4.79 Å². The molecule has 0 aliphatic rings. The van der Waals surface area contributed by atoms with E-state index in [0.29, 0.717) is 12.2 Å². The molecule has 1 amide bonds. The summed E-state index contributed by atoms with van der Waals surface area (Å²) in [5.41, 5.74) is 1.32. The first-order valence-corrected chi connectivity index (χ1v) is 5.31. The number of para-hydroxylation sites is 1. The second kappa shape index (κ2) is 5.12. The van der Waals surface area contributed by atoms with Gasteiger partial charge in [-0.25, -0.2) is 4.68 Å². The number of carbonyl (C=O) groups excluding carboxylic acids is 1. The maximum absolute atomic E-state index is 11.6. The van der Waals surface area contributed by atoms with Crippen LogP contribution in [0.5, 0.6) is 0 Å². The van der Waals surface area contributed by atoms with Crippen LogP contribution in [0.3, 0.4) is 0 Å². The summed E-state index contributed by atoms with van der Waals surface area (Å²) < 4.78 is 1.67. The summed E-state index contributed by atoms with van der Waals surface area (Å²) in [7, 11) is 0. The topological polar surface area (TPSA) is 46.9 Å². The van der Waals surface area contributed by atoms with E-state index in [9.17, 15) is 4.79 Å². The van der Waals surface area contributed by atoms with E-state index in [2.05, 4.69) is 17.0 Å². The van der Waals surface area contributed by atoms with Crippen molar-refractivity contribution in [3.63, 3.8) is 0 Å².